The van der Waals surface area contributed by atoms with E-state index in [1.807, 2.05) is 31.2 Å². The molecule has 0 fully saturated rings. The fourth-order valence-electron chi connectivity index (χ4n) is 1.62. The number of benzene rings is 1. The Labute approximate surface area is 100 Å². The fraction of sp³-hybridized carbons (Fsp3) is 0.308. The first-order chi connectivity index (χ1) is 8.33. The minimum Gasteiger partial charge on any atom is -0.493 e. The predicted octanol–water partition coefficient (Wildman–Crippen LogP) is 2.28. The zero-order valence-electron chi connectivity index (χ0n) is 9.76. The molecule has 1 atom stereocenters. The first kappa shape index (κ1) is 11.7. The average molecular weight is 232 g/mol. The lowest BCUT2D eigenvalue weighted by Gasteiger charge is -2.14. The number of ether oxygens (including phenoxy) is 1. The van der Waals surface area contributed by atoms with Crippen molar-refractivity contribution in [2.45, 2.75) is 19.4 Å². The lowest BCUT2D eigenvalue weighted by molar-refractivity contribution is 0.202. The van der Waals surface area contributed by atoms with Crippen LogP contribution in [0.25, 0.3) is 0 Å². The molecule has 2 rings (SSSR count). The molecule has 2 N–H and O–H groups in total. The van der Waals surface area contributed by atoms with Crippen molar-refractivity contribution in [1.29, 1.82) is 0 Å². The predicted molar refractivity (Wildman–Crippen MR) is 64.9 cm³/mol. The maximum absolute atomic E-state index is 10.2. The lowest BCUT2D eigenvalue weighted by atomic mass is 10.1. The number of aliphatic hydroxyl groups is 1. The number of hydrogen-bond donors (Lipinski definition) is 2. The van der Waals surface area contributed by atoms with E-state index in [1.54, 1.807) is 12.4 Å². The van der Waals surface area contributed by atoms with Gasteiger partial charge < -0.3 is 14.8 Å². The molecule has 4 heteroatoms. The van der Waals surface area contributed by atoms with E-state index in [-0.39, 0.29) is 0 Å². The molecule has 0 saturated heterocycles. The van der Waals surface area contributed by atoms with Gasteiger partial charge in [-0.2, -0.15) is 0 Å². The van der Waals surface area contributed by atoms with Crippen LogP contribution < -0.4 is 4.74 Å². The summed E-state index contributed by atoms with van der Waals surface area (Å²) < 4.78 is 5.60. The third-order valence-electron chi connectivity index (χ3n) is 2.45. The Morgan fingerprint density at radius 1 is 1.41 bits per heavy atom. The molecule has 0 aliphatic rings. The zero-order chi connectivity index (χ0) is 12.1. The van der Waals surface area contributed by atoms with E-state index in [0.717, 1.165) is 12.0 Å². The first-order valence-corrected chi connectivity index (χ1v) is 5.72. The summed E-state index contributed by atoms with van der Waals surface area (Å²) in [6, 6.07) is 7.47. The SMILES string of the molecule is CCCOc1ccccc1C(O)c1ncc[nH]1. The standard InChI is InChI=1S/C13H16N2O2/c1-2-9-17-11-6-4-3-5-10(11)12(16)13-14-7-8-15-13/h3-8,12,16H,2,9H2,1H3,(H,14,15). The number of aliphatic hydroxyl groups excluding tert-OH is 1. The maximum atomic E-state index is 10.2. The summed E-state index contributed by atoms with van der Waals surface area (Å²) in [4.78, 5) is 6.95. The Hall–Kier alpha value is -1.81. The van der Waals surface area contributed by atoms with Crippen molar-refractivity contribution in [1.82, 2.24) is 9.97 Å². The molecule has 17 heavy (non-hydrogen) atoms. The molecule has 1 unspecified atom stereocenters. The average Bonchev–Trinajstić information content (AvgIpc) is 2.89. The largest absolute Gasteiger partial charge is 0.493 e. The topological polar surface area (TPSA) is 58.1 Å². The highest BCUT2D eigenvalue weighted by molar-refractivity contribution is 5.37. The van der Waals surface area contributed by atoms with E-state index in [9.17, 15) is 5.11 Å². The molecule has 1 aromatic carbocycles. The van der Waals surface area contributed by atoms with Gasteiger partial charge in [-0.25, -0.2) is 4.98 Å². The Balaban J connectivity index is 2.25. The van der Waals surface area contributed by atoms with Gasteiger partial charge in [-0.3, -0.25) is 0 Å². The van der Waals surface area contributed by atoms with Crippen LogP contribution in [0.3, 0.4) is 0 Å². The highest BCUT2D eigenvalue weighted by Gasteiger charge is 2.16. The van der Waals surface area contributed by atoms with Gasteiger partial charge in [0, 0.05) is 18.0 Å². The van der Waals surface area contributed by atoms with Crippen LogP contribution >= 0.6 is 0 Å². The van der Waals surface area contributed by atoms with Crippen LogP contribution in [-0.2, 0) is 0 Å². The van der Waals surface area contributed by atoms with Gasteiger partial charge in [0.05, 0.1) is 6.61 Å². The van der Waals surface area contributed by atoms with Crippen LogP contribution in [0.1, 0.15) is 30.8 Å². The number of hydrogen-bond acceptors (Lipinski definition) is 3. The molecule has 0 aliphatic carbocycles. The molecule has 0 saturated carbocycles. The number of aromatic nitrogens is 2. The molecule has 0 aliphatic heterocycles. The molecule has 4 nitrogen and oxygen atoms in total. The second-order valence-corrected chi connectivity index (χ2v) is 3.76. The van der Waals surface area contributed by atoms with Gasteiger partial charge in [0.15, 0.2) is 0 Å². The van der Waals surface area contributed by atoms with Gasteiger partial charge >= 0.3 is 0 Å². The van der Waals surface area contributed by atoms with Crippen LogP contribution in [-0.4, -0.2) is 21.7 Å². The second-order valence-electron chi connectivity index (χ2n) is 3.76. The van der Waals surface area contributed by atoms with Crippen molar-refractivity contribution in [2.24, 2.45) is 0 Å². The quantitative estimate of drug-likeness (QED) is 0.831. The maximum Gasteiger partial charge on any atom is 0.140 e. The molecule has 0 bridgehead atoms. The van der Waals surface area contributed by atoms with Crippen LogP contribution in [0.4, 0.5) is 0 Å². The van der Waals surface area contributed by atoms with Crippen molar-refractivity contribution in [2.75, 3.05) is 6.61 Å². The molecule has 0 radical (unpaired) electrons. The van der Waals surface area contributed by atoms with Gasteiger partial charge in [0.2, 0.25) is 0 Å². The first-order valence-electron chi connectivity index (χ1n) is 5.72. The zero-order valence-corrected chi connectivity index (χ0v) is 9.76. The number of rotatable bonds is 5. The molecule has 2 aromatic rings. The number of nitrogens with one attached hydrogen (secondary N) is 1. The molecule has 0 spiro atoms. The van der Waals surface area contributed by atoms with Crippen molar-refractivity contribution < 1.29 is 9.84 Å². The minimum absolute atomic E-state index is 0.526. The number of H-pyrrole nitrogens is 1. The number of imidazole rings is 1. The molecular weight excluding hydrogens is 216 g/mol. The van der Waals surface area contributed by atoms with Gasteiger partial charge in [-0.15, -0.1) is 0 Å². The van der Waals surface area contributed by atoms with E-state index in [2.05, 4.69) is 9.97 Å². The van der Waals surface area contributed by atoms with Gasteiger partial charge in [-0.05, 0) is 12.5 Å². The number of para-hydroxylation sites is 1. The molecule has 1 aromatic heterocycles. The Morgan fingerprint density at radius 3 is 2.94 bits per heavy atom. The highest BCUT2D eigenvalue weighted by Crippen LogP contribution is 2.28. The summed E-state index contributed by atoms with van der Waals surface area (Å²) >= 11 is 0. The van der Waals surface area contributed by atoms with Gasteiger partial charge in [-0.1, -0.05) is 25.1 Å². The normalized spacial score (nSPS) is 12.4. The number of nitrogens with zero attached hydrogens (tertiary/aromatic N) is 1. The van der Waals surface area contributed by atoms with Crippen LogP contribution in [0.15, 0.2) is 36.7 Å². The van der Waals surface area contributed by atoms with E-state index in [0.29, 0.717) is 18.2 Å². The van der Waals surface area contributed by atoms with Crippen molar-refractivity contribution in [3.8, 4) is 5.75 Å². The summed E-state index contributed by atoms with van der Waals surface area (Å²) in [7, 11) is 0. The second kappa shape index (κ2) is 5.50. The number of aromatic amines is 1. The summed E-state index contributed by atoms with van der Waals surface area (Å²) in [6.07, 6.45) is 3.46. The van der Waals surface area contributed by atoms with E-state index in [1.165, 1.54) is 0 Å². The summed E-state index contributed by atoms with van der Waals surface area (Å²) in [6.45, 7) is 2.69. The van der Waals surface area contributed by atoms with Crippen LogP contribution in [0.2, 0.25) is 0 Å². The third-order valence-corrected chi connectivity index (χ3v) is 2.45. The van der Waals surface area contributed by atoms with E-state index in [4.69, 9.17) is 4.74 Å². The van der Waals surface area contributed by atoms with Crippen molar-refractivity contribution in [3.05, 3.63) is 48.0 Å². The summed E-state index contributed by atoms with van der Waals surface area (Å²) in [5.41, 5.74) is 0.732. The minimum atomic E-state index is -0.780. The Bertz CT molecular complexity index is 454. The van der Waals surface area contributed by atoms with Crippen LogP contribution in [0.5, 0.6) is 5.75 Å². The molecular formula is C13H16N2O2. The summed E-state index contributed by atoms with van der Waals surface area (Å²) in [5.74, 6) is 1.23. The fourth-order valence-corrected chi connectivity index (χ4v) is 1.62. The Kier molecular flexibility index (Phi) is 3.77. The monoisotopic (exact) mass is 232 g/mol. The van der Waals surface area contributed by atoms with Crippen molar-refractivity contribution >= 4 is 0 Å². The third kappa shape index (κ3) is 2.65. The smallest absolute Gasteiger partial charge is 0.140 e. The van der Waals surface area contributed by atoms with E-state index >= 15 is 0 Å². The molecule has 1 heterocycles. The van der Waals surface area contributed by atoms with E-state index < -0.39 is 6.10 Å². The Morgan fingerprint density at radius 2 is 2.24 bits per heavy atom. The highest BCUT2D eigenvalue weighted by atomic mass is 16.5. The molecule has 0 amide bonds. The van der Waals surface area contributed by atoms with Gasteiger partial charge in [0.25, 0.3) is 0 Å². The van der Waals surface area contributed by atoms with Crippen LogP contribution in [0, 0.1) is 0 Å². The van der Waals surface area contributed by atoms with Gasteiger partial charge in [0.1, 0.15) is 17.7 Å². The van der Waals surface area contributed by atoms with Crippen molar-refractivity contribution in [3.63, 3.8) is 0 Å². The molecule has 90 valence electrons. The summed E-state index contributed by atoms with van der Waals surface area (Å²) in [5, 5.41) is 10.2. The lowest BCUT2D eigenvalue weighted by Crippen LogP contribution is -2.06.